The molecule has 0 aliphatic rings. The fraction of sp³-hybridized carbons (Fsp3) is 0.438. The van der Waals surface area contributed by atoms with Crippen LogP contribution in [0.1, 0.15) is 189 Å². The highest BCUT2D eigenvalue weighted by Crippen LogP contribution is 2.40. The molecular formula is C80H109N3O3. The minimum absolute atomic E-state index is 0.0671. The smallest absolute Gasteiger partial charge is 0.235 e. The Labute approximate surface area is 522 Å². The maximum Gasteiger partial charge on any atom is 0.235 e. The monoisotopic (exact) mass is 1160 g/mol. The predicted octanol–water partition coefficient (Wildman–Crippen LogP) is 18.2. The van der Waals surface area contributed by atoms with Crippen LogP contribution in [0.4, 0.5) is 0 Å². The zero-order chi connectivity index (χ0) is 62.5. The van der Waals surface area contributed by atoms with Gasteiger partial charge in [0.2, 0.25) is 17.7 Å². The number of rotatable bonds is 29. The van der Waals surface area contributed by atoms with Gasteiger partial charge in [-0.3, -0.25) is 14.4 Å². The molecule has 1 unspecified atom stereocenters. The molecule has 0 saturated carbocycles. The Morgan fingerprint density at radius 2 is 0.674 bits per heavy atom. The summed E-state index contributed by atoms with van der Waals surface area (Å²) >= 11 is 0. The van der Waals surface area contributed by atoms with Crippen LogP contribution in [0.5, 0.6) is 0 Å². The highest BCUT2D eigenvalue weighted by molar-refractivity contribution is 5.92. The van der Waals surface area contributed by atoms with E-state index in [0.29, 0.717) is 25.4 Å². The molecule has 0 saturated heterocycles. The lowest BCUT2D eigenvalue weighted by Crippen LogP contribution is -2.49. The van der Waals surface area contributed by atoms with Crippen LogP contribution >= 0.6 is 0 Å². The predicted molar refractivity (Wildman–Crippen MR) is 367 cm³/mol. The van der Waals surface area contributed by atoms with Crippen LogP contribution in [0.15, 0.2) is 188 Å². The fourth-order valence-electron chi connectivity index (χ4n) is 11.0. The number of hydrogen-bond donors (Lipinski definition) is 3. The number of aryl methyl sites for hydroxylation is 5. The maximum absolute atomic E-state index is 13.7. The van der Waals surface area contributed by atoms with Crippen molar-refractivity contribution in [1.82, 2.24) is 16.0 Å². The normalized spacial score (nSPS) is 11.4. The van der Waals surface area contributed by atoms with Gasteiger partial charge in [0.05, 0.1) is 5.92 Å². The van der Waals surface area contributed by atoms with Crippen molar-refractivity contribution in [1.29, 1.82) is 0 Å². The van der Waals surface area contributed by atoms with Gasteiger partial charge in [-0.2, -0.15) is 0 Å². The molecule has 0 fully saturated rings. The zero-order valence-corrected chi connectivity index (χ0v) is 55.0. The Bertz CT molecular complexity index is 2860. The molecule has 0 aromatic heterocycles. The number of amides is 3. The van der Waals surface area contributed by atoms with Crippen molar-refractivity contribution in [2.24, 2.45) is 23.7 Å². The van der Waals surface area contributed by atoms with Crippen molar-refractivity contribution in [3.63, 3.8) is 0 Å². The van der Waals surface area contributed by atoms with Crippen LogP contribution in [0.25, 0.3) is 0 Å². The van der Waals surface area contributed by atoms with E-state index in [2.05, 4.69) is 220 Å². The summed E-state index contributed by atoms with van der Waals surface area (Å²) in [5.74, 6) is 1.89. The van der Waals surface area contributed by atoms with Crippen LogP contribution < -0.4 is 16.0 Å². The summed E-state index contributed by atoms with van der Waals surface area (Å²) in [6.45, 7) is 28.0. The van der Waals surface area contributed by atoms with Gasteiger partial charge in [0.15, 0.2) is 0 Å². The van der Waals surface area contributed by atoms with Crippen LogP contribution in [0.2, 0.25) is 0 Å². The molecule has 3 amide bonds. The highest BCUT2D eigenvalue weighted by atomic mass is 16.2. The lowest BCUT2D eigenvalue weighted by molar-refractivity contribution is -0.127. The lowest BCUT2D eigenvalue weighted by Gasteiger charge is -2.37. The van der Waals surface area contributed by atoms with E-state index >= 15 is 0 Å². The lowest BCUT2D eigenvalue weighted by atomic mass is 9.66. The molecule has 0 spiro atoms. The summed E-state index contributed by atoms with van der Waals surface area (Å²) in [5, 5.41) is 9.33. The quantitative estimate of drug-likeness (QED) is 0.0437. The largest absolute Gasteiger partial charge is 0.356 e. The Morgan fingerprint density at radius 3 is 0.988 bits per heavy atom. The Morgan fingerprint density at radius 1 is 0.360 bits per heavy atom. The van der Waals surface area contributed by atoms with Gasteiger partial charge in [0.25, 0.3) is 0 Å². The number of carbonyl (C=O) groups is 3. The molecule has 6 heteroatoms. The Balaban J connectivity index is 0.000000255. The highest BCUT2D eigenvalue weighted by Gasteiger charge is 2.44. The number of nitrogens with one attached hydrogen (secondary N) is 3. The molecule has 86 heavy (non-hydrogen) atoms. The van der Waals surface area contributed by atoms with Crippen molar-refractivity contribution in [3.05, 3.63) is 249 Å². The fourth-order valence-corrected chi connectivity index (χ4v) is 11.0. The van der Waals surface area contributed by atoms with Gasteiger partial charge in [-0.25, -0.2) is 0 Å². The Kier molecular flexibility index (Phi) is 33.5. The standard InChI is InChI=1S/C28H33NO.C22H29NO.C16H25NO.C14H22/c1-4-11-23-16-18-24(19-17-23)20-21-29-27(30)28(22(2)3,25-12-7-5-8-13-25)26-14-9-6-10-15-26;1-4-8-18-11-13-19(14-12-18)15-16-23-22(24)21(17(2)3)20-9-6-5-7-10-20;1-4-5-14-6-8-15(9-7-14)10-11-17-16(18)12-13(2)3;1-4-5-13-8-10-14(11-9-13)7-6-12(2)3/h5-10,12-19,22H,4,11,20-21H2,1-3H3,(H,29,30);5-7,9-14,17,21H,4,8,15-16H2,1-3H3,(H,23,24);6-9,13H,4-5,10-12H2,1-3H3,(H,17,18);8-12H,4-7H2,1-3H3. The zero-order valence-electron chi connectivity index (χ0n) is 55.0. The SMILES string of the molecule is CCCc1ccc(CCC(C)C)cc1.CCCc1ccc(CCNC(=O)C(c2ccccc2)(c2ccccc2)C(C)C)cc1.CCCc1ccc(CCNC(=O)C(c2ccccc2)C(C)C)cc1.CCCc1ccc(CCNC(=O)CC(C)C)cc1. The average molecular weight is 1160 g/mol. The summed E-state index contributed by atoms with van der Waals surface area (Å²) in [7, 11) is 0. The van der Waals surface area contributed by atoms with Gasteiger partial charge in [-0.05, 0) is 143 Å². The van der Waals surface area contributed by atoms with Crippen LogP contribution in [-0.2, 0) is 71.2 Å². The molecule has 7 rings (SSSR count). The molecule has 0 heterocycles. The first kappa shape index (κ1) is 71.4. The third-order valence-electron chi connectivity index (χ3n) is 15.8. The van der Waals surface area contributed by atoms with E-state index in [9.17, 15) is 14.4 Å². The molecule has 462 valence electrons. The molecule has 7 aromatic rings. The topological polar surface area (TPSA) is 87.3 Å². The molecule has 1 atom stereocenters. The van der Waals surface area contributed by atoms with E-state index in [1.165, 1.54) is 83.0 Å². The first-order chi connectivity index (χ1) is 41.5. The number of carbonyl (C=O) groups excluding carboxylic acids is 3. The van der Waals surface area contributed by atoms with Crippen molar-refractivity contribution >= 4 is 17.7 Å². The van der Waals surface area contributed by atoms with E-state index in [-0.39, 0.29) is 35.5 Å². The third-order valence-corrected chi connectivity index (χ3v) is 15.8. The molecule has 0 aliphatic carbocycles. The van der Waals surface area contributed by atoms with E-state index in [4.69, 9.17) is 0 Å². The molecule has 7 aromatic carbocycles. The molecule has 0 radical (unpaired) electrons. The first-order valence-corrected chi connectivity index (χ1v) is 32.8. The van der Waals surface area contributed by atoms with E-state index < -0.39 is 5.41 Å². The van der Waals surface area contributed by atoms with Crippen molar-refractivity contribution in [2.75, 3.05) is 19.6 Å². The van der Waals surface area contributed by atoms with Gasteiger partial charge in [-0.15, -0.1) is 0 Å². The average Bonchev–Trinajstić information content (AvgIpc) is 1.12. The third kappa shape index (κ3) is 25.5. The molecule has 0 aliphatic heterocycles. The molecule has 6 nitrogen and oxygen atoms in total. The minimum Gasteiger partial charge on any atom is -0.356 e. The molecule has 3 N–H and O–H groups in total. The van der Waals surface area contributed by atoms with Crippen LogP contribution in [0, 0.1) is 23.7 Å². The summed E-state index contributed by atoms with van der Waals surface area (Å²) in [6.07, 6.45) is 15.1. The van der Waals surface area contributed by atoms with Crippen LogP contribution in [-0.4, -0.2) is 37.4 Å². The van der Waals surface area contributed by atoms with Crippen molar-refractivity contribution in [2.45, 2.75) is 184 Å². The van der Waals surface area contributed by atoms with Crippen LogP contribution in [0.3, 0.4) is 0 Å². The minimum atomic E-state index is -0.715. The summed E-state index contributed by atoms with van der Waals surface area (Å²) in [6, 6.07) is 65.7. The van der Waals surface area contributed by atoms with Gasteiger partial charge in [0, 0.05) is 26.1 Å². The molecular weight excluding hydrogens is 1050 g/mol. The number of benzene rings is 7. The summed E-state index contributed by atoms with van der Waals surface area (Å²) < 4.78 is 0. The van der Waals surface area contributed by atoms with E-state index in [0.717, 1.165) is 74.1 Å². The second-order valence-electron chi connectivity index (χ2n) is 24.8. The van der Waals surface area contributed by atoms with Gasteiger partial charge in [-0.1, -0.05) is 297 Å². The summed E-state index contributed by atoms with van der Waals surface area (Å²) in [5.41, 5.74) is 13.4. The second-order valence-corrected chi connectivity index (χ2v) is 24.8. The van der Waals surface area contributed by atoms with Gasteiger partial charge >= 0.3 is 0 Å². The van der Waals surface area contributed by atoms with Crippen molar-refractivity contribution < 1.29 is 14.4 Å². The van der Waals surface area contributed by atoms with E-state index in [1.807, 2.05) is 66.7 Å². The maximum atomic E-state index is 13.7. The van der Waals surface area contributed by atoms with Gasteiger partial charge in [0.1, 0.15) is 5.41 Å². The number of hydrogen-bond acceptors (Lipinski definition) is 3. The summed E-state index contributed by atoms with van der Waals surface area (Å²) in [4.78, 5) is 37.8. The first-order valence-electron chi connectivity index (χ1n) is 32.8. The van der Waals surface area contributed by atoms with Gasteiger partial charge < -0.3 is 16.0 Å². The second kappa shape index (κ2) is 40.4. The molecule has 0 bridgehead atoms. The Hall–Kier alpha value is -7.05. The van der Waals surface area contributed by atoms with Crippen molar-refractivity contribution in [3.8, 4) is 0 Å². The van der Waals surface area contributed by atoms with E-state index in [1.54, 1.807) is 0 Å².